The summed E-state index contributed by atoms with van der Waals surface area (Å²) >= 11 is 1.23. The maximum atomic E-state index is 12.8. The fraction of sp³-hybridized carbons (Fsp3) is 0.320. The second-order valence-electron chi connectivity index (χ2n) is 8.37. The third kappa shape index (κ3) is 6.69. The Hall–Kier alpha value is -3.66. The van der Waals surface area contributed by atoms with Gasteiger partial charge in [0.1, 0.15) is 0 Å². The highest BCUT2D eigenvalue weighted by Gasteiger charge is 2.25. The first kappa shape index (κ1) is 26.0. The molecule has 0 bridgehead atoms. The minimum Gasteiger partial charge on any atom is -0.465 e. The number of methoxy groups -OCH3 is 1. The van der Waals surface area contributed by atoms with Crippen LogP contribution in [0, 0.1) is 12.8 Å². The molecule has 1 heterocycles. The van der Waals surface area contributed by atoms with Crippen LogP contribution in [0.4, 0.5) is 5.69 Å². The number of anilines is 1. The first-order valence-electron chi connectivity index (χ1n) is 11.1. The van der Waals surface area contributed by atoms with E-state index >= 15 is 0 Å². The molecule has 0 unspecified atom stereocenters. The van der Waals surface area contributed by atoms with Crippen molar-refractivity contribution in [2.45, 2.75) is 32.0 Å². The van der Waals surface area contributed by atoms with E-state index < -0.39 is 5.97 Å². The first-order valence-corrected chi connectivity index (χ1v) is 12.1. The van der Waals surface area contributed by atoms with Gasteiger partial charge in [-0.05, 0) is 43.2 Å². The molecule has 184 valence electrons. The van der Waals surface area contributed by atoms with Crippen LogP contribution in [0.1, 0.15) is 52.0 Å². The molecule has 0 fully saturated rings. The van der Waals surface area contributed by atoms with Crippen molar-refractivity contribution in [3.63, 3.8) is 0 Å². The number of thioether (sulfide) groups is 1. The summed E-state index contributed by atoms with van der Waals surface area (Å²) in [6.45, 7) is 5.94. The summed E-state index contributed by atoms with van der Waals surface area (Å²) in [6.07, 6.45) is 0. The van der Waals surface area contributed by atoms with Gasteiger partial charge >= 0.3 is 5.97 Å². The number of nitrogens with zero attached hydrogens (tertiary/aromatic N) is 3. The standard InChI is InChI=1S/C25H29N5O4S/c1-15(2)21(27-23(32)17-9-6-8-16(3)12-17)22-28-29-25(30(22)4)35-14-20(31)26-19-11-7-10-18(13-19)24(33)34-5/h6-13,15,21H,14H2,1-5H3,(H,26,31)(H,27,32)/t21-/m1/s1. The predicted molar refractivity (Wildman–Crippen MR) is 134 cm³/mol. The number of rotatable bonds is 9. The molecule has 0 saturated heterocycles. The maximum Gasteiger partial charge on any atom is 0.337 e. The van der Waals surface area contributed by atoms with Crippen LogP contribution in [0.2, 0.25) is 0 Å². The lowest BCUT2D eigenvalue weighted by Gasteiger charge is -2.21. The van der Waals surface area contributed by atoms with E-state index in [0.29, 0.717) is 27.8 Å². The third-order valence-corrected chi connectivity index (χ3v) is 6.30. The normalized spacial score (nSPS) is 11.7. The number of nitrogens with one attached hydrogen (secondary N) is 2. The van der Waals surface area contributed by atoms with E-state index in [1.54, 1.807) is 34.9 Å². The molecule has 3 aromatic rings. The van der Waals surface area contributed by atoms with Crippen molar-refractivity contribution in [1.29, 1.82) is 0 Å². The summed E-state index contributed by atoms with van der Waals surface area (Å²) < 4.78 is 6.50. The largest absolute Gasteiger partial charge is 0.465 e. The number of hydrogen-bond donors (Lipinski definition) is 2. The van der Waals surface area contributed by atoms with Crippen molar-refractivity contribution in [3.8, 4) is 0 Å². The van der Waals surface area contributed by atoms with E-state index in [-0.39, 0.29) is 29.5 Å². The van der Waals surface area contributed by atoms with Gasteiger partial charge in [0.25, 0.3) is 5.91 Å². The molecule has 10 heteroatoms. The van der Waals surface area contributed by atoms with Crippen LogP contribution in [0.15, 0.2) is 53.7 Å². The van der Waals surface area contributed by atoms with E-state index in [1.807, 2.05) is 46.0 Å². The van der Waals surface area contributed by atoms with Gasteiger partial charge in [0, 0.05) is 18.3 Å². The third-order valence-electron chi connectivity index (χ3n) is 5.28. The smallest absolute Gasteiger partial charge is 0.337 e. The van der Waals surface area contributed by atoms with Crippen LogP contribution < -0.4 is 10.6 Å². The Morgan fingerprint density at radius 2 is 1.77 bits per heavy atom. The van der Waals surface area contributed by atoms with Gasteiger partial charge in [0.15, 0.2) is 11.0 Å². The van der Waals surface area contributed by atoms with Gasteiger partial charge in [0.05, 0.1) is 24.5 Å². The second kappa shape index (κ2) is 11.7. The molecule has 2 N–H and O–H groups in total. The minimum atomic E-state index is -0.476. The number of ether oxygens (including phenoxy) is 1. The van der Waals surface area contributed by atoms with Crippen LogP contribution in [0.25, 0.3) is 0 Å². The maximum absolute atomic E-state index is 12.8. The quantitative estimate of drug-likeness (QED) is 0.343. The van der Waals surface area contributed by atoms with Crippen molar-refractivity contribution in [2.75, 3.05) is 18.2 Å². The van der Waals surface area contributed by atoms with E-state index in [2.05, 4.69) is 20.8 Å². The summed E-state index contributed by atoms with van der Waals surface area (Å²) in [5.74, 6) is -0.148. The SMILES string of the molecule is COC(=O)c1cccc(NC(=O)CSc2nnc([C@H](NC(=O)c3cccc(C)c3)C(C)C)n2C)c1. The van der Waals surface area contributed by atoms with Gasteiger partial charge in [-0.3, -0.25) is 9.59 Å². The molecule has 0 aliphatic carbocycles. The zero-order valence-corrected chi connectivity index (χ0v) is 21.2. The number of benzene rings is 2. The molecule has 2 amide bonds. The lowest BCUT2D eigenvalue weighted by molar-refractivity contribution is -0.113. The van der Waals surface area contributed by atoms with E-state index in [4.69, 9.17) is 4.74 Å². The van der Waals surface area contributed by atoms with E-state index in [1.165, 1.54) is 18.9 Å². The zero-order valence-electron chi connectivity index (χ0n) is 20.4. The van der Waals surface area contributed by atoms with Gasteiger partial charge in [-0.15, -0.1) is 10.2 Å². The van der Waals surface area contributed by atoms with Gasteiger partial charge in [-0.1, -0.05) is 49.4 Å². The van der Waals surface area contributed by atoms with Crippen LogP contribution in [-0.2, 0) is 16.6 Å². The number of amides is 2. The lowest BCUT2D eigenvalue weighted by atomic mass is 10.0. The van der Waals surface area contributed by atoms with Crippen molar-refractivity contribution in [3.05, 3.63) is 71.0 Å². The second-order valence-corrected chi connectivity index (χ2v) is 9.32. The minimum absolute atomic E-state index is 0.0647. The Balaban J connectivity index is 1.65. The number of aromatic nitrogens is 3. The van der Waals surface area contributed by atoms with Crippen molar-refractivity contribution in [2.24, 2.45) is 13.0 Å². The van der Waals surface area contributed by atoms with Crippen LogP contribution >= 0.6 is 11.8 Å². The summed E-state index contributed by atoms with van der Waals surface area (Å²) in [4.78, 5) is 37.0. The molecule has 3 rings (SSSR count). The molecule has 1 atom stereocenters. The average Bonchev–Trinajstić information content (AvgIpc) is 3.20. The number of aryl methyl sites for hydroxylation is 1. The Bertz CT molecular complexity index is 1220. The van der Waals surface area contributed by atoms with Gasteiger partial charge in [-0.2, -0.15) is 0 Å². The highest BCUT2D eigenvalue weighted by Crippen LogP contribution is 2.25. The van der Waals surface area contributed by atoms with Gasteiger partial charge in [0.2, 0.25) is 5.91 Å². The van der Waals surface area contributed by atoms with Crippen molar-refractivity contribution in [1.82, 2.24) is 20.1 Å². The molecule has 0 aliphatic rings. The summed E-state index contributed by atoms with van der Waals surface area (Å²) in [7, 11) is 3.11. The number of hydrogen-bond acceptors (Lipinski definition) is 7. The summed E-state index contributed by atoms with van der Waals surface area (Å²) in [5, 5.41) is 14.9. The molecule has 35 heavy (non-hydrogen) atoms. The highest BCUT2D eigenvalue weighted by atomic mass is 32.2. The molecule has 0 spiro atoms. The number of carbonyl (C=O) groups excluding carboxylic acids is 3. The molecule has 0 aliphatic heterocycles. The molecule has 9 nitrogen and oxygen atoms in total. The Morgan fingerprint density at radius 1 is 1.06 bits per heavy atom. The Labute approximate surface area is 208 Å². The highest BCUT2D eigenvalue weighted by molar-refractivity contribution is 7.99. The number of esters is 1. The molecular formula is C25H29N5O4S. The predicted octanol–water partition coefficient (Wildman–Crippen LogP) is 3.77. The Morgan fingerprint density at radius 3 is 2.46 bits per heavy atom. The molecule has 1 aromatic heterocycles. The first-order chi connectivity index (χ1) is 16.7. The van der Waals surface area contributed by atoms with Crippen molar-refractivity contribution < 1.29 is 19.1 Å². The topological polar surface area (TPSA) is 115 Å². The lowest BCUT2D eigenvalue weighted by Crippen LogP contribution is -2.33. The summed E-state index contributed by atoms with van der Waals surface area (Å²) in [6, 6.07) is 13.6. The fourth-order valence-corrected chi connectivity index (χ4v) is 4.15. The summed E-state index contributed by atoms with van der Waals surface area (Å²) in [5.41, 5.74) is 2.44. The van der Waals surface area contributed by atoms with E-state index in [9.17, 15) is 14.4 Å². The van der Waals surface area contributed by atoms with Crippen LogP contribution in [-0.4, -0.2) is 45.4 Å². The Kier molecular flexibility index (Phi) is 8.64. The molecule has 0 radical (unpaired) electrons. The van der Waals surface area contributed by atoms with Crippen molar-refractivity contribution >= 4 is 35.2 Å². The average molecular weight is 496 g/mol. The van der Waals surface area contributed by atoms with Crippen LogP contribution in [0.3, 0.4) is 0 Å². The monoisotopic (exact) mass is 495 g/mol. The van der Waals surface area contributed by atoms with E-state index in [0.717, 1.165) is 5.56 Å². The molecule has 0 saturated carbocycles. The van der Waals surface area contributed by atoms with Gasteiger partial charge in [-0.25, -0.2) is 4.79 Å². The van der Waals surface area contributed by atoms with Crippen LogP contribution in [0.5, 0.6) is 0 Å². The fourth-order valence-electron chi connectivity index (χ4n) is 3.43. The molecule has 2 aromatic carbocycles. The van der Waals surface area contributed by atoms with Gasteiger partial charge < -0.3 is 19.9 Å². The number of carbonyl (C=O) groups is 3. The zero-order chi connectivity index (χ0) is 25.5. The molecular weight excluding hydrogens is 466 g/mol.